The maximum Gasteiger partial charge on any atom is 0.339 e. The van der Waals surface area contributed by atoms with Gasteiger partial charge >= 0.3 is 5.97 Å². The molecule has 0 saturated carbocycles. The van der Waals surface area contributed by atoms with Gasteiger partial charge < -0.3 is 9.84 Å². The Labute approximate surface area is 172 Å². The van der Waals surface area contributed by atoms with Crippen LogP contribution < -0.4 is 4.74 Å². The molecule has 0 heterocycles. The zero-order chi connectivity index (χ0) is 18.5. The summed E-state index contributed by atoms with van der Waals surface area (Å²) in [6.45, 7) is 3.94. The van der Waals surface area contributed by atoms with Crippen LogP contribution >= 0.6 is 0 Å². The summed E-state index contributed by atoms with van der Waals surface area (Å²) < 4.78 is 6.04. The van der Waals surface area contributed by atoms with Gasteiger partial charge in [-0.15, -0.1) is 0 Å². The van der Waals surface area contributed by atoms with Crippen molar-refractivity contribution in [3.63, 3.8) is 0 Å². The quantitative estimate of drug-likeness (QED) is 0.531. The number of hydrogen-bond donors (Lipinski definition) is 1. The first-order chi connectivity index (χ1) is 12.6. The van der Waals surface area contributed by atoms with Gasteiger partial charge in [-0.3, -0.25) is 0 Å². The van der Waals surface area contributed by atoms with Gasteiger partial charge in [0.15, 0.2) is 0 Å². The first kappa shape index (κ1) is 20.9. The van der Waals surface area contributed by atoms with Crippen LogP contribution in [0.25, 0.3) is 0 Å². The minimum Gasteiger partial charge on any atom is -0.485 e. The van der Waals surface area contributed by atoms with Gasteiger partial charge in [0, 0.05) is 25.4 Å². The Kier molecular flexibility index (Phi) is 7.32. The van der Waals surface area contributed by atoms with Gasteiger partial charge in [0.1, 0.15) is 17.4 Å². The van der Waals surface area contributed by atoms with E-state index in [9.17, 15) is 9.90 Å². The topological polar surface area (TPSA) is 46.5 Å². The molecular weight excluding hydrogens is 390 g/mol. The third kappa shape index (κ3) is 4.84. The van der Waals surface area contributed by atoms with Crippen molar-refractivity contribution in [2.24, 2.45) is 0 Å². The predicted octanol–water partition coefficient (Wildman–Crippen LogP) is 5.67. The summed E-state index contributed by atoms with van der Waals surface area (Å²) >= 11 is 0. The van der Waals surface area contributed by atoms with Gasteiger partial charge in [-0.25, -0.2) is 4.79 Å². The normalized spacial score (nSPS) is 12.5. The van der Waals surface area contributed by atoms with Crippen molar-refractivity contribution >= 4 is 5.97 Å². The number of hydrogen-bond acceptors (Lipinski definition) is 2. The molecule has 27 heavy (non-hydrogen) atoms. The molecule has 2 atom stereocenters. The fraction of sp³-hybridized carbons (Fsp3) is 0.174. The van der Waals surface area contributed by atoms with Gasteiger partial charge in [0.25, 0.3) is 0 Å². The fourth-order valence-electron chi connectivity index (χ4n) is 3.14. The Morgan fingerprint density at radius 3 is 1.93 bits per heavy atom. The van der Waals surface area contributed by atoms with Gasteiger partial charge in [0.2, 0.25) is 0 Å². The molecule has 0 spiro atoms. The summed E-state index contributed by atoms with van der Waals surface area (Å²) in [5.74, 6) is -0.620. The third-order valence-electron chi connectivity index (χ3n) is 4.61. The number of carbonyl (C=O) groups is 1. The van der Waals surface area contributed by atoms with Crippen LogP contribution in [0.5, 0.6) is 5.75 Å². The van der Waals surface area contributed by atoms with Gasteiger partial charge in [-0.05, 0) is 29.7 Å². The van der Waals surface area contributed by atoms with E-state index in [0.717, 1.165) is 16.7 Å². The molecule has 0 aliphatic heterocycles. The Hall–Kier alpha value is -2.45. The minimum absolute atomic E-state index is 0. The first-order valence-corrected chi connectivity index (χ1v) is 8.70. The van der Waals surface area contributed by atoms with E-state index in [4.69, 9.17) is 4.74 Å². The number of aromatic carboxylic acids is 1. The van der Waals surface area contributed by atoms with Gasteiger partial charge in [-0.2, -0.15) is 0 Å². The summed E-state index contributed by atoms with van der Waals surface area (Å²) in [5.41, 5.74) is 3.06. The smallest absolute Gasteiger partial charge is 0.339 e. The van der Waals surface area contributed by atoms with E-state index in [1.807, 2.05) is 86.6 Å². The van der Waals surface area contributed by atoms with Crippen LogP contribution in [0, 0.1) is 0 Å². The number of benzene rings is 3. The second-order valence-corrected chi connectivity index (χ2v) is 6.33. The maximum absolute atomic E-state index is 12.0. The standard InChI is InChI=1S/C23H22O3.Zn/c1-16(18-10-5-3-6-11-18)20-14-9-15-21(22(20)23(24)25)26-17(2)19-12-7-4-8-13-19;/h3-17H,1-2H3,(H,24,25);. The molecule has 3 rings (SSSR count). The fourth-order valence-corrected chi connectivity index (χ4v) is 3.14. The summed E-state index contributed by atoms with van der Waals surface area (Å²) in [7, 11) is 0. The molecule has 0 saturated heterocycles. The van der Waals surface area contributed by atoms with Crippen LogP contribution in [-0.4, -0.2) is 11.1 Å². The Balaban J connectivity index is 0.00000261. The van der Waals surface area contributed by atoms with Crippen LogP contribution in [0.3, 0.4) is 0 Å². The minimum atomic E-state index is -0.973. The SMILES string of the molecule is CC(Oc1cccc(C(C)c2ccccc2)c1C(=O)O)c1ccccc1.[Zn]. The summed E-state index contributed by atoms with van der Waals surface area (Å²) in [5, 5.41) is 9.85. The van der Waals surface area contributed by atoms with Crippen molar-refractivity contribution in [1.29, 1.82) is 0 Å². The molecule has 0 amide bonds. The summed E-state index contributed by atoms with van der Waals surface area (Å²) in [6.07, 6.45) is -0.239. The van der Waals surface area contributed by atoms with E-state index in [2.05, 4.69) is 0 Å². The third-order valence-corrected chi connectivity index (χ3v) is 4.61. The van der Waals surface area contributed by atoms with Crippen molar-refractivity contribution in [2.75, 3.05) is 0 Å². The van der Waals surface area contributed by atoms with E-state index in [0.29, 0.717) is 5.75 Å². The molecule has 0 aromatic heterocycles. The van der Waals surface area contributed by atoms with Gasteiger partial charge in [-0.1, -0.05) is 79.7 Å². The average Bonchev–Trinajstić information content (AvgIpc) is 2.68. The number of carboxylic acid groups (broad SMARTS) is 1. The van der Waals surface area contributed by atoms with Crippen molar-refractivity contribution in [1.82, 2.24) is 0 Å². The zero-order valence-corrected chi connectivity index (χ0v) is 18.6. The Morgan fingerprint density at radius 1 is 0.815 bits per heavy atom. The van der Waals surface area contributed by atoms with Crippen LogP contribution in [0.2, 0.25) is 0 Å². The molecule has 0 bridgehead atoms. The molecular formula is C23H22O3Zn. The van der Waals surface area contributed by atoms with Crippen LogP contribution in [0.4, 0.5) is 0 Å². The van der Waals surface area contributed by atoms with Crippen molar-refractivity contribution < 1.29 is 34.1 Å². The monoisotopic (exact) mass is 410 g/mol. The van der Waals surface area contributed by atoms with Crippen LogP contribution in [0.15, 0.2) is 78.9 Å². The number of ether oxygens (including phenoxy) is 1. The molecule has 0 fully saturated rings. The average molecular weight is 412 g/mol. The molecule has 2 unspecified atom stereocenters. The molecule has 0 radical (unpaired) electrons. The summed E-state index contributed by atoms with van der Waals surface area (Å²) in [6, 6.07) is 25.1. The van der Waals surface area contributed by atoms with E-state index >= 15 is 0 Å². The van der Waals surface area contributed by atoms with Crippen LogP contribution in [0.1, 0.15) is 52.9 Å². The van der Waals surface area contributed by atoms with E-state index in [1.54, 1.807) is 6.07 Å². The number of rotatable bonds is 6. The zero-order valence-electron chi connectivity index (χ0n) is 15.6. The molecule has 3 aromatic carbocycles. The molecule has 3 aromatic rings. The molecule has 0 aliphatic rings. The van der Waals surface area contributed by atoms with E-state index in [1.165, 1.54) is 0 Å². The van der Waals surface area contributed by atoms with Crippen molar-refractivity contribution in [2.45, 2.75) is 25.9 Å². The number of carboxylic acids is 1. The molecule has 134 valence electrons. The van der Waals surface area contributed by atoms with E-state index < -0.39 is 5.97 Å². The predicted molar refractivity (Wildman–Crippen MR) is 103 cm³/mol. The van der Waals surface area contributed by atoms with Gasteiger partial charge in [0.05, 0.1) is 0 Å². The Morgan fingerprint density at radius 2 is 1.37 bits per heavy atom. The second-order valence-electron chi connectivity index (χ2n) is 6.33. The van der Waals surface area contributed by atoms with Crippen LogP contribution in [-0.2, 0) is 19.5 Å². The van der Waals surface area contributed by atoms with E-state index in [-0.39, 0.29) is 37.1 Å². The molecule has 4 heteroatoms. The summed E-state index contributed by atoms with van der Waals surface area (Å²) in [4.78, 5) is 12.0. The molecule has 0 aliphatic carbocycles. The maximum atomic E-state index is 12.0. The van der Waals surface area contributed by atoms with Crippen molar-refractivity contribution in [3.8, 4) is 5.75 Å². The molecule has 3 nitrogen and oxygen atoms in total. The second kappa shape index (κ2) is 9.48. The first-order valence-electron chi connectivity index (χ1n) is 8.70. The molecule has 1 N–H and O–H groups in total. The Bertz CT molecular complexity index is 879. The van der Waals surface area contributed by atoms with Crippen molar-refractivity contribution in [3.05, 3.63) is 101 Å². The largest absolute Gasteiger partial charge is 0.485 e.